The Bertz CT molecular complexity index is 559. The minimum Gasteiger partial charge on any atom is -0.335 e. The van der Waals surface area contributed by atoms with Crippen LogP contribution in [0.4, 0.5) is 0 Å². The summed E-state index contributed by atoms with van der Waals surface area (Å²) < 4.78 is 0. The first-order valence-corrected chi connectivity index (χ1v) is 7.94. The first-order chi connectivity index (χ1) is 9.74. The molecule has 1 aromatic carbocycles. The summed E-state index contributed by atoms with van der Waals surface area (Å²) in [6.45, 7) is 1.91. The quantitative estimate of drug-likeness (QED) is 0.796. The highest BCUT2D eigenvalue weighted by atomic mass is 35.5. The third kappa shape index (κ3) is 1.87. The lowest BCUT2D eigenvalue weighted by atomic mass is 9.77. The third-order valence-electron chi connectivity index (χ3n) is 5.13. The Morgan fingerprint density at radius 1 is 1.35 bits per heavy atom. The average molecular weight is 291 g/mol. The van der Waals surface area contributed by atoms with E-state index in [0.717, 1.165) is 43.8 Å². The summed E-state index contributed by atoms with van der Waals surface area (Å²) in [6.07, 6.45) is 4.15. The fourth-order valence-electron chi connectivity index (χ4n) is 4.14. The van der Waals surface area contributed by atoms with E-state index in [1.54, 1.807) is 0 Å². The van der Waals surface area contributed by atoms with Gasteiger partial charge in [-0.2, -0.15) is 0 Å². The van der Waals surface area contributed by atoms with Gasteiger partial charge in [0, 0.05) is 17.6 Å². The van der Waals surface area contributed by atoms with Gasteiger partial charge in [0.05, 0.1) is 12.0 Å². The number of rotatable bonds is 0. The monoisotopic (exact) mass is 290 g/mol. The van der Waals surface area contributed by atoms with Gasteiger partial charge in [0.15, 0.2) is 0 Å². The number of carbonyl (C=O) groups is 1. The molecule has 20 heavy (non-hydrogen) atoms. The number of carbonyl (C=O) groups excluding carboxylic acids is 1. The van der Waals surface area contributed by atoms with E-state index in [0.29, 0.717) is 11.9 Å². The lowest BCUT2D eigenvalue weighted by molar-refractivity contribution is -0.145. The summed E-state index contributed by atoms with van der Waals surface area (Å²) in [5, 5.41) is 4.32. The number of amides is 1. The predicted molar refractivity (Wildman–Crippen MR) is 78.7 cm³/mol. The van der Waals surface area contributed by atoms with Gasteiger partial charge < -0.3 is 10.2 Å². The average Bonchev–Trinajstić information content (AvgIpc) is 2.47. The molecule has 1 amide bonds. The number of fused-ring (bicyclic) bond motifs is 4. The van der Waals surface area contributed by atoms with E-state index in [2.05, 4.69) is 22.3 Å². The Kier molecular flexibility index (Phi) is 3.00. The molecule has 4 heteroatoms. The molecule has 3 heterocycles. The molecule has 1 aromatic rings. The van der Waals surface area contributed by atoms with Gasteiger partial charge in [-0.25, -0.2) is 0 Å². The number of halogens is 1. The van der Waals surface area contributed by atoms with Gasteiger partial charge in [-0.15, -0.1) is 0 Å². The highest BCUT2D eigenvalue weighted by Gasteiger charge is 2.44. The molecule has 2 saturated heterocycles. The molecule has 1 N–H and O–H groups in total. The SMILES string of the molecule is O=C1C2CCCNC2CC2c3cc(Cl)ccc3CCN12. The second-order valence-corrected chi connectivity index (χ2v) is 6.62. The van der Waals surface area contributed by atoms with E-state index in [9.17, 15) is 4.79 Å². The van der Waals surface area contributed by atoms with E-state index >= 15 is 0 Å². The van der Waals surface area contributed by atoms with Crippen LogP contribution in [0.15, 0.2) is 18.2 Å². The maximum atomic E-state index is 12.7. The number of benzene rings is 1. The largest absolute Gasteiger partial charge is 0.335 e. The Morgan fingerprint density at radius 3 is 3.15 bits per heavy atom. The van der Waals surface area contributed by atoms with Crippen LogP contribution in [0.5, 0.6) is 0 Å². The zero-order valence-electron chi connectivity index (χ0n) is 11.4. The highest BCUT2D eigenvalue weighted by molar-refractivity contribution is 6.30. The molecular formula is C16H19ClN2O. The van der Waals surface area contributed by atoms with Crippen molar-refractivity contribution < 1.29 is 4.79 Å². The van der Waals surface area contributed by atoms with E-state index in [1.807, 2.05) is 6.07 Å². The summed E-state index contributed by atoms with van der Waals surface area (Å²) in [7, 11) is 0. The second kappa shape index (κ2) is 4.74. The third-order valence-corrected chi connectivity index (χ3v) is 5.36. The Morgan fingerprint density at radius 2 is 2.25 bits per heavy atom. The van der Waals surface area contributed by atoms with Gasteiger partial charge >= 0.3 is 0 Å². The Labute approximate surface area is 124 Å². The first kappa shape index (κ1) is 12.7. The molecule has 3 nitrogen and oxygen atoms in total. The number of nitrogens with one attached hydrogen (secondary N) is 1. The van der Waals surface area contributed by atoms with Crippen molar-refractivity contribution in [1.29, 1.82) is 0 Å². The van der Waals surface area contributed by atoms with Crippen LogP contribution >= 0.6 is 11.6 Å². The molecule has 0 saturated carbocycles. The topological polar surface area (TPSA) is 32.3 Å². The molecule has 3 unspecified atom stereocenters. The zero-order valence-corrected chi connectivity index (χ0v) is 12.2. The summed E-state index contributed by atoms with van der Waals surface area (Å²) in [6, 6.07) is 6.71. The molecule has 106 valence electrons. The first-order valence-electron chi connectivity index (χ1n) is 7.56. The molecule has 0 spiro atoms. The number of hydrogen-bond donors (Lipinski definition) is 1. The Hall–Kier alpha value is -1.06. The van der Waals surface area contributed by atoms with Gasteiger partial charge in [-0.3, -0.25) is 4.79 Å². The molecule has 3 aliphatic heterocycles. The lowest BCUT2D eigenvalue weighted by Gasteiger charge is -2.48. The highest BCUT2D eigenvalue weighted by Crippen LogP contribution is 2.41. The molecule has 4 rings (SSSR count). The van der Waals surface area contributed by atoms with Crippen molar-refractivity contribution in [3.8, 4) is 0 Å². The van der Waals surface area contributed by atoms with Crippen LogP contribution in [-0.2, 0) is 11.2 Å². The normalized spacial score (nSPS) is 32.4. The van der Waals surface area contributed by atoms with Crippen molar-refractivity contribution in [3.05, 3.63) is 34.3 Å². The van der Waals surface area contributed by atoms with E-state index in [1.165, 1.54) is 11.1 Å². The molecule has 0 aromatic heterocycles. The van der Waals surface area contributed by atoms with E-state index < -0.39 is 0 Å². The number of piperidine rings is 2. The number of hydrogen-bond acceptors (Lipinski definition) is 2. The number of nitrogens with zero attached hydrogens (tertiary/aromatic N) is 1. The summed E-state index contributed by atoms with van der Waals surface area (Å²) in [5.74, 6) is 0.546. The van der Waals surface area contributed by atoms with Crippen molar-refractivity contribution in [2.45, 2.75) is 37.8 Å². The summed E-state index contributed by atoms with van der Waals surface area (Å²) >= 11 is 6.16. The van der Waals surface area contributed by atoms with Crippen molar-refractivity contribution in [3.63, 3.8) is 0 Å². The van der Waals surface area contributed by atoms with Crippen LogP contribution in [-0.4, -0.2) is 29.9 Å². The van der Waals surface area contributed by atoms with Crippen LogP contribution in [0, 0.1) is 5.92 Å². The molecule has 3 aliphatic rings. The van der Waals surface area contributed by atoms with Crippen molar-refractivity contribution >= 4 is 17.5 Å². The fourth-order valence-corrected chi connectivity index (χ4v) is 4.32. The Balaban J connectivity index is 1.72. The zero-order chi connectivity index (χ0) is 13.7. The maximum absolute atomic E-state index is 12.7. The smallest absolute Gasteiger partial charge is 0.227 e. The maximum Gasteiger partial charge on any atom is 0.227 e. The fraction of sp³-hybridized carbons (Fsp3) is 0.562. The molecule has 0 bridgehead atoms. The molecule has 2 fully saturated rings. The van der Waals surface area contributed by atoms with Crippen molar-refractivity contribution in [1.82, 2.24) is 10.2 Å². The van der Waals surface area contributed by atoms with Crippen LogP contribution in [0.2, 0.25) is 5.02 Å². The van der Waals surface area contributed by atoms with Gasteiger partial charge in [0.1, 0.15) is 0 Å². The second-order valence-electron chi connectivity index (χ2n) is 6.19. The van der Waals surface area contributed by atoms with Gasteiger partial charge in [0.25, 0.3) is 0 Å². The predicted octanol–water partition coefficient (Wildman–Crippen LogP) is 2.54. The van der Waals surface area contributed by atoms with Crippen molar-refractivity contribution in [2.24, 2.45) is 5.92 Å². The van der Waals surface area contributed by atoms with Crippen LogP contribution in [0.25, 0.3) is 0 Å². The van der Waals surface area contributed by atoms with Crippen LogP contribution in [0.3, 0.4) is 0 Å². The summed E-state index contributed by atoms with van der Waals surface area (Å²) in [5.41, 5.74) is 2.63. The standard InChI is InChI=1S/C16H19ClN2O/c17-11-4-3-10-5-7-19-15(13(10)8-11)9-14-12(16(19)20)2-1-6-18-14/h3-4,8,12,14-15,18H,1-2,5-7,9H2. The molecule has 3 atom stereocenters. The minimum atomic E-state index is 0.195. The van der Waals surface area contributed by atoms with Crippen molar-refractivity contribution in [2.75, 3.05) is 13.1 Å². The molecular weight excluding hydrogens is 272 g/mol. The van der Waals surface area contributed by atoms with Crippen LogP contribution < -0.4 is 5.32 Å². The molecule has 0 radical (unpaired) electrons. The van der Waals surface area contributed by atoms with Gasteiger partial charge in [-0.1, -0.05) is 17.7 Å². The summed E-state index contributed by atoms with van der Waals surface area (Å²) in [4.78, 5) is 14.8. The molecule has 0 aliphatic carbocycles. The van der Waals surface area contributed by atoms with Gasteiger partial charge in [0.2, 0.25) is 5.91 Å². The lowest BCUT2D eigenvalue weighted by Crippen LogP contribution is -2.57. The minimum absolute atomic E-state index is 0.195. The van der Waals surface area contributed by atoms with Gasteiger partial charge in [-0.05, 0) is 55.5 Å². The van der Waals surface area contributed by atoms with Crippen LogP contribution in [0.1, 0.15) is 36.4 Å². The van der Waals surface area contributed by atoms with E-state index in [4.69, 9.17) is 11.6 Å². The van der Waals surface area contributed by atoms with E-state index in [-0.39, 0.29) is 12.0 Å².